The number of rotatable bonds is 5. The van der Waals surface area contributed by atoms with Crippen LogP contribution in [0.1, 0.15) is 23.2 Å². The van der Waals surface area contributed by atoms with Crippen molar-refractivity contribution in [1.29, 1.82) is 0 Å². The second-order valence-corrected chi connectivity index (χ2v) is 10.5. The van der Waals surface area contributed by atoms with Gasteiger partial charge in [0.1, 0.15) is 0 Å². The van der Waals surface area contributed by atoms with Gasteiger partial charge in [-0.15, -0.1) is 0 Å². The highest BCUT2D eigenvalue weighted by molar-refractivity contribution is 7.91. The quantitative estimate of drug-likeness (QED) is 0.445. The lowest BCUT2D eigenvalue weighted by Crippen LogP contribution is -2.26. The van der Waals surface area contributed by atoms with Crippen molar-refractivity contribution in [2.24, 2.45) is 5.92 Å². The Morgan fingerprint density at radius 1 is 1.09 bits per heavy atom. The van der Waals surface area contributed by atoms with E-state index in [1.165, 1.54) is 18.3 Å². The molecule has 2 aromatic carbocycles. The van der Waals surface area contributed by atoms with Crippen molar-refractivity contribution in [3.05, 3.63) is 88.7 Å². The summed E-state index contributed by atoms with van der Waals surface area (Å²) in [4.78, 5) is 16.0. The van der Waals surface area contributed by atoms with Crippen LogP contribution in [0.15, 0.2) is 76.8 Å². The van der Waals surface area contributed by atoms with Gasteiger partial charge < -0.3 is 9.67 Å². The van der Waals surface area contributed by atoms with E-state index in [4.69, 9.17) is 11.6 Å². The van der Waals surface area contributed by atoms with Gasteiger partial charge in [-0.25, -0.2) is 13.4 Å². The van der Waals surface area contributed by atoms with Gasteiger partial charge in [0.15, 0.2) is 5.03 Å². The predicted octanol–water partition coefficient (Wildman–Crippen LogP) is 4.76. The highest BCUT2D eigenvalue weighted by atomic mass is 35.5. The summed E-state index contributed by atoms with van der Waals surface area (Å²) >= 11 is 5.94. The van der Waals surface area contributed by atoms with E-state index in [0.29, 0.717) is 36.4 Å². The number of pyridine rings is 1. The van der Waals surface area contributed by atoms with Crippen molar-refractivity contribution in [2.75, 3.05) is 0 Å². The van der Waals surface area contributed by atoms with E-state index in [2.05, 4.69) is 9.55 Å². The van der Waals surface area contributed by atoms with Crippen LogP contribution in [-0.2, 0) is 34.0 Å². The molecule has 0 fully saturated rings. The summed E-state index contributed by atoms with van der Waals surface area (Å²) in [6, 6.07) is 17.5. The Morgan fingerprint density at radius 3 is 2.61 bits per heavy atom. The molecule has 1 N–H and O–H groups in total. The van der Waals surface area contributed by atoms with Crippen LogP contribution in [-0.4, -0.2) is 29.0 Å². The zero-order valence-corrected chi connectivity index (χ0v) is 19.2. The number of halogens is 1. The van der Waals surface area contributed by atoms with E-state index >= 15 is 0 Å². The van der Waals surface area contributed by atoms with Crippen LogP contribution in [0.5, 0.6) is 0 Å². The molecule has 1 atom stereocenters. The van der Waals surface area contributed by atoms with Gasteiger partial charge in [-0.3, -0.25) is 4.79 Å². The lowest BCUT2D eigenvalue weighted by Gasteiger charge is -2.23. The molecule has 0 amide bonds. The maximum atomic E-state index is 13.4. The molecular weight excluding hydrogens is 460 g/mol. The minimum atomic E-state index is -3.84. The molecule has 1 aliphatic heterocycles. The molecule has 0 spiro atoms. The van der Waals surface area contributed by atoms with Crippen LogP contribution in [0.3, 0.4) is 0 Å². The van der Waals surface area contributed by atoms with Crippen LogP contribution in [0.2, 0.25) is 5.02 Å². The van der Waals surface area contributed by atoms with Gasteiger partial charge in [-0.1, -0.05) is 35.9 Å². The van der Waals surface area contributed by atoms with Crippen LogP contribution in [0.25, 0.3) is 10.9 Å². The van der Waals surface area contributed by atoms with Crippen molar-refractivity contribution in [1.82, 2.24) is 9.55 Å². The average molecular weight is 481 g/mol. The van der Waals surface area contributed by atoms with E-state index < -0.39 is 21.7 Å². The molecule has 3 heterocycles. The summed E-state index contributed by atoms with van der Waals surface area (Å²) in [5, 5.41) is 11.0. The molecule has 8 heteroatoms. The minimum absolute atomic E-state index is 0.0237. The number of carboxylic acids is 1. The molecule has 0 saturated carbocycles. The van der Waals surface area contributed by atoms with E-state index in [0.717, 1.165) is 22.2 Å². The number of hydrogen-bond donors (Lipinski definition) is 1. The molecular formula is C25H21ClN2O4S. The zero-order chi connectivity index (χ0) is 23.2. The van der Waals surface area contributed by atoms with Gasteiger partial charge >= 0.3 is 5.97 Å². The Bertz CT molecular complexity index is 1480. The van der Waals surface area contributed by atoms with Gasteiger partial charge in [-0.05, 0) is 60.4 Å². The smallest absolute Gasteiger partial charge is 0.308 e. The van der Waals surface area contributed by atoms with Crippen molar-refractivity contribution in [3.63, 3.8) is 0 Å². The highest BCUT2D eigenvalue weighted by Crippen LogP contribution is 2.35. The van der Waals surface area contributed by atoms with Crippen LogP contribution in [0, 0.1) is 5.92 Å². The summed E-state index contributed by atoms with van der Waals surface area (Å²) < 4.78 is 28.9. The van der Waals surface area contributed by atoms with Crippen LogP contribution in [0.4, 0.5) is 0 Å². The van der Waals surface area contributed by atoms with Gasteiger partial charge in [0.2, 0.25) is 9.84 Å². The standard InChI is InChI=1S/C25H21ClN2O4S/c26-18-8-10-19(11-9-18)33(31,32)24-16(4-3-13-27-24)14-21-20-5-1-2-6-22(20)28-15-17(25(29)30)7-12-23(21)28/h1-6,8-11,13,17H,7,12,14-15H2,(H,29,30). The minimum Gasteiger partial charge on any atom is -0.481 e. The fraction of sp³-hybridized carbons (Fsp3) is 0.200. The SMILES string of the molecule is O=C(O)C1CCc2c(Cc3cccnc3S(=O)(=O)c3ccc(Cl)cc3)c3ccccc3n2C1. The zero-order valence-electron chi connectivity index (χ0n) is 17.6. The summed E-state index contributed by atoms with van der Waals surface area (Å²) in [7, 11) is -3.84. The normalized spacial score (nSPS) is 16.0. The summed E-state index contributed by atoms with van der Waals surface area (Å²) in [6.45, 7) is 0.411. The third-order valence-electron chi connectivity index (χ3n) is 6.27. The molecule has 33 heavy (non-hydrogen) atoms. The maximum absolute atomic E-state index is 13.4. The number of para-hydroxylation sites is 1. The lowest BCUT2D eigenvalue weighted by atomic mass is 9.94. The number of carbonyl (C=O) groups is 1. The summed E-state index contributed by atoms with van der Waals surface area (Å²) in [5.41, 5.74) is 3.66. The molecule has 0 bridgehead atoms. The van der Waals surface area contributed by atoms with Crippen LogP contribution < -0.4 is 0 Å². The number of nitrogens with zero attached hydrogens (tertiary/aromatic N) is 2. The van der Waals surface area contributed by atoms with E-state index in [-0.39, 0.29) is 9.92 Å². The first-order chi connectivity index (χ1) is 15.9. The average Bonchev–Trinajstić information content (AvgIpc) is 3.13. The molecule has 0 radical (unpaired) electrons. The largest absolute Gasteiger partial charge is 0.481 e. The Balaban J connectivity index is 1.62. The van der Waals surface area contributed by atoms with Crippen molar-refractivity contribution < 1.29 is 18.3 Å². The molecule has 0 saturated heterocycles. The number of carboxylic acid groups (broad SMARTS) is 1. The molecule has 6 nitrogen and oxygen atoms in total. The van der Waals surface area contributed by atoms with Crippen LogP contribution >= 0.6 is 11.6 Å². The van der Waals surface area contributed by atoms with Gasteiger partial charge in [-0.2, -0.15) is 0 Å². The van der Waals surface area contributed by atoms with Gasteiger partial charge in [0, 0.05) is 40.8 Å². The van der Waals surface area contributed by atoms with Gasteiger partial charge in [0.05, 0.1) is 10.8 Å². The van der Waals surface area contributed by atoms with Gasteiger partial charge in [0.25, 0.3) is 0 Å². The molecule has 1 aliphatic rings. The van der Waals surface area contributed by atoms with Crippen molar-refractivity contribution in [2.45, 2.75) is 35.7 Å². The number of fused-ring (bicyclic) bond motifs is 3. The van der Waals surface area contributed by atoms with E-state index in [9.17, 15) is 18.3 Å². The second kappa shape index (κ2) is 8.32. The molecule has 2 aromatic heterocycles. The summed E-state index contributed by atoms with van der Waals surface area (Å²) in [6.07, 6.45) is 3.05. The molecule has 4 aromatic rings. The number of sulfone groups is 1. The van der Waals surface area contributed by atoms with E-state index in [1.54, 1.807) is 24.3 Å². The number of benzene rings is 2. The Kier molecular flexibility index (Phi) is 5.46. The Hall–Kier alpha value is -3.16. The predicted molar refractivity (Wildman–Crippen MR) is 125 cm³/mol. The van der Waals surface area contributed by atoms with Crippen molar-refractivity contribution in [3.8, 4) is 0 Å². The number of aromatic nitrogens is 2. The topological polar surface area (TPSA) is 89.3 Å². The molecule has 5 rings (SSSR count). The third-order valence-corrected chi connectivity index (χ3v) is 8.29. The molecule has 168 valence electrons. The lowest BCUT2D eigenvalue weighted by molar-refractivity contribution is -0.142. The molecule has 1 unspecified atom stereocenters. The third kappa shape index (κ3) is 3.81. The van der Waals surface area contributed by atoms with E-state index in [1.807, 2.05) is 24.3 Å². The first-order valence-corrected chi connectivity index (χ1v) is 12.5. The number of hydrogen-bond acceptors (Lipinski definition) is 4. The van der Waals surface area contributed by atoms with Crippen molar-refractivity contribution >= 4 is 38.3 Å². The first-order valence-electron chi connectivity index (χ1n) is 10.6. The first kappa shape index (κ1) is 21.7. The fourth-order valence-electron chi connectivity index (χ4n) is 4.66. The Morgan fingerprint density at radius 2 is 1.85 bits per heavy atom. The highest BCUT2D eigenvalue weighted by Gasteiger charge is 2.30. The monoisotopic (exact) mass is 480 g/mol. The molecule has 0 aliphatic carbocycles. The summed E-state index contributed by atoms with van der Waals surface area (Å²) in [5.74, 6) is -1.22. The fourth-order valence-corrected chi connectivity index (χ4v) is 6.19. The Labute approximate surface area is 196 Å². The maximum Gasteiger partial charge on any atom is 0.308 e. The number of aliphatic carboxylic acids is 1. The second-order valence-electron chi connectivity index (χ2n) is 8.23.